The predicted molar refractivity (Wildman–Crippen MR) is 118 cm³/mol. The highest BCUT2D eigenvalue weighted by Crippen LogP contribution is 2.34. The molecule has 0 saturated carbocycles. The lowest BCUT2D eigenvalue weighted by molar-refractivity contribution is -0.123. The molecule has 3 heterocycles. The Labute approximate surface area is 183 Å². The van der Waals surface area contributed by atoms with E-state index < -0.39 is 0 Å². The first-order chi connectivity index (χ1) is 15.1. The first-order valence-corrected chi connectivity index (χ1v) is 11.0. The number of ether oxygens (including phenoxy) is 2. The van der Waals surface area contributed by atoms with E-state index in [2.05, 4.69) is 38.9 Å². The number of carbonyl (C=O) groups is 1. The van der Waals surface area contributed by atoms with Gasteiger partial charge in [-0.15, -0.1) is 0 Å². The summed E-state index contributed by atoms with van der Waals surface area (Å²) < 4.78 is 11.6. The fraction of sp³-hybridized carbons (Fsp3) is 0.522. The molecule has 1 fully saturated rings. The summed E-state index contributed by atoms with van der Waals surface area (Å²) in [5.74, 6) is 2.72. The summed E-state index contributed by atoms with van der Waals surface area (Å²) in [6.45, 7) is 9.25. The third kappa shape index (κ3) is 5.44. The van der Waals surface area contributed by atoms with Crippen molar-refractivity contribution in [3.63, 3.8) is 0 Å². The molecule has 4 rings (SSSR count). The van der Waals surface area contributed by atoms with Crippen molar-refractivity contribution in [3.8, 4) is 11.5 Å². The molecule has 0 radical (unpaired) electrons. The van der Waals surface area contributed by atoms with E-state index in [0.717, 1.165) is 55.5 Å². The maximum absolute atomic E-state index is 12.9. The number of aromatic nitrogens is 2. The Kier molecular flexibility index (Phi) is 6.86. The molecule has 1 N–H and O–H groups in total. The SMILES string of the molecule is CC(C)[C@H](NC(=O)CN1CCN(c2cnccn2)CC1)c1ccc2c(c1)OCCCO2. The van der Waals surface area contributed by atoms with Crippen LogP contribution in [0.5, 0.6) is 11.5 Å². The number of hydrogen-bond donors (Lipinski definition) is 1. The lowest BCUT2D eigenvalue weighted by atomic mass is 9.95. The quantitative estimate of drug-likeness (QED) is 0.761. The second kappa shape index (κ2) is 9.96. The summed E-state index contributed by atoms with van der Waals surface area (Å²) in [7, 11) is 0. The molecule has 0 bridgehead atoms. The lowest BCUT2D eigenvalue weighted by Crippen LogP contribution is -2.50. The van der Waals surface area contributed by atoms with Crippen LogP contribution < -0.4 is 19.7 Å². The minimum absolute atomic E-state index is 0.0405. The van der Waals surface area contributed by atoms with Crippen molar-refractivity contribution in [2.24, 2.45) is 5.92 Å². The topological polar surface area (TPSA) is 79.8 Å². The van der Waals surface area contributed by atoms with E-state index in [1.54, 1.807) is 18.6 Å². The normalized spacial score (nSPS) is 17.8. The summed E-state index contributed by atoms with van der Waals surface area (Å²) in [5.41, 5.74) is 1.04. The molecule has 2 aliphatic heterocycles. The number of fused-ring (bicyclic) bond motifs is 1. The summed E-state index contributed by atoms with van der Waals surface area (Å²) in [5, 5.41) is 3.23. The number of piperazine rings is 1. The van der Waals surface area contributed by atoms with Crippen LogP contribution in [0.1, 0.15) is 31.9 Å². The maximum Gasteiger partial charge on any atom is 0.234 e. The standard InChI is InChI=1S/C23H31N5O3/c1-17(2)23(18-4-5-19-20(14-18)31-13-3-12-30-19)26-22(29)16-27-8-10-28(11-9-27)21-15-24-6-7-25-21/h4-7,14-15,17,23H,3,8-13,16H2,1-2H3,(H,26,29)/t23-/m0/s1. The molecule has 1 saturated heterocycles. The molecule has 8 heteroatoms. The van der Waals surface area contributed by atoms with Crippen LogP contribution in [0.2, 0.25) is 0 Å². The van der Waals surface area contributed by atoms with Crippen LogP contribution in [0.3, 0.4) is 0 Å². The number of nitrogens with one attached hydrogen (secondary N) is 1. The van der Waals surface area contributed by atoms with Gasteiger partial charge in [-0.05, 0) is 23.6 Å². The average Bonchev–Trinajstić information content (AvgIpc) is 3.03. The summed E-state index contributed by atoms with van der Waals surface area (Å²) in [4.78, 5) is 25.7. The number of nitrogens with zero attached hydrogens (tertiary/aromatic N) is 4. The van der Waals surface area contributed by atoms with Gasteiger partial charge in [-0.1, -0.05) is 19.9 Å². The van der Waals surface area contributed by atoms with Crippen LogP contribution >= 0.6 is 0 Å². The molecule has 1 atom stereocenters. The monoisotopic (exact) mass is 425 g/mol. The largest absolute Gasteiger partial charge is 0.490 e. The van der Waals surface area contributed by atoms with Gasteiger partial charge in [0.05, 0.1) is 32.0 Å². The highest BCUT2D eigenvalue weighted by Gasteiger charge is 2.24. The van der Waals surface area contributed by atoms with Crippen molar-refractivity contribution in [1.29, 1.82) is 0 Å². The van der Waals surface area contributed by atoms with Crippen LogP contribution in [0.4, 0.5) is 5.82 Å². The molecule has 0 aliphatic carbocycles. The first kappa shape index (κ1) is 21.4. The number of rotatable bonds is 6. The van der Waals surface area contributed by atoms with Gasteiger partial charge in [0.1, 0.15) is 5.82 Å². The Balaban J connectivity index is 1.34. The average molecular weight is 426 g/mol. The van der Waals surface area contributed by atoms with Crippen molar-refractivity contribution < 1.29 is 14.3 Å². The molecule has 2 aromatic rings. The zero-order chi connectivity index (χ0) is 21.6. The molecule has 1 amide bonds. The summed E-state index contributed by atoms with van der Waals surface area (Å²) in [6, 6.07) is 5.90. The van der Waals surface area contributed by atoms with Gasteiger partial charge in [-0.25, -0.2) is 4.98 Å². The van der Waals surface area contributed by atoms with E-state index in [1.165, 1.54) is 0 Å². The van der Waals surface area contributed by atoms with Crippen LogP contribution in [0.25, 0.3) is 0 Å². The van der Waals surface area contributed by atoms with Gasteiger partial charge in [0, 0.05) is 45.0 Å². The highest BCUT2D eigenvalue weighted by molar-refractivity contribution is 5.78. The number of hydrogen-bond acceptors (Lipinski definition) is 7. The summed E-state index contributed by atoms with van der Waals surface area (Å²) >= 11 is 0. The number of amides is 1. The maximum atomic E-state index is 12.9. The smallest absolute Gasteiger partial charge is 0.234 e. The van der Waals surface area contributed by atoms with Crippen molar-refractivity contribution in [3.05, 3.63) is 42.4 Å². The molecule has 166 valence electrons. The van der Waals surface area contributed by atoms with Crippen LogP contribution in [-0.4, -0.2) is 66.7 Å². The first-order valence-electron chi connectivity index (χ1n) is 11.0. The van der Waals surface area contributed by atoms with E-state index >= 15 is 0 Å². The van der Waals surface area contributed by atoms with E-state index in [1.807, 2.05) is 18.2 Å². The molecule has 1 aromatic heterocycles. The molecule has 1 aromatic carbocycles. The van der Waals surface area contributed by atoms with E-state index in [9.17, 15) is 4.79 Å². The molecule has 2 aliphatic rings. The Morgan fingerprint density at radius 2 is 1.87 bits per heavy atom. The molecule has 0 spiro atoms. The Morgan fingerprint density at radius 1 is 1.10 bits per heavy atom. The molecular weight excluding hydrogens is 394 g/mol. The van der Waals surface area contributed by atoms with E-state index in [4.69, 9.17) is 9.47 Å². The third-order valence-corrected chi connectivity index (χ3v) is 5.73. The Hall–Kier alpha value is -2.87. The Bertz CT molecular complexity index is 869. The number of anilines is 1. The van der Waals surface area contributed by atoms with Crippen molar-refractivity contribution >= 4 is 11.7 Å². The molecule has 8 nitrogen and oxygen atoms in total. The van der Waals surface area contributed by atoms with Gasteiger partial charge >= 0.3 is 0 Å². The van der Waals surface area contributed by atoms with Crippen LogP contribution in [-0.2, 0) is 4.79 Å². The second-order valence-electron chi connectivity index (χ2n) is 8.37. The minimum atomic E-state index is -0.0782. The predicted octanol–water partition coefficient (Wildman–Crippen LogP) is 2.27. The molecule has 31 heavy (non-hydrogen) atoms. The van der Waals surface area contributed by atoms with Crippen molar-refractivity contribution in [1.82, 2.24) is 20.2 Å². The van der Waals surface area contributed by atoms with Gasteiger partial charge < -0.3 is 19.7 Å². The van der Waals surface area contributed by atoms with Gasteiger partial charge in [0.2, 0.25) is 5.91 Å². The van der Waals surface area contributed by atoms with Crippen molar-refractivity contribution in [2.75, 3.05) is 50.8 Å². The van der Waals surface area contributed by atoms with E-state index in [0.29, 0.717) is 19.8 Å². The number of benzene rings is 1. The van der Waals surface area contributed by atoms with Gasteiger partial charge in [-0.2, -0.15) is 0 Å². The zero-order valence-corrected chi connectivity index (χ0v) is 18.3. The summed E-state index contributed by atoms with van der Waals surface area (Å²) in [6.07, 6.45) is 6.04. The molecular formula is C23H31N5O3. The second-order valence-corrected chi connectivity index (χ2v) is 8.37. The molecule has 0 unspecified atom stereocenters. The van der Waals surface area contributed by atoms with Crippen LogP contribution in [0.15, 0.2) is 36.8 Å². The fourth-order valence-corrected chi connectivity index (χ4v) is 4.02. The van der Waals surface area contributed by atoms with Crippen LogP contribution in [0, 0.1) is 5.92 Å². The van der Waals surface area contributed by atoms with Crippen molar-refractivity contribution in [2.45, 2.75) is 26.3 Å². The minimum Gasteiger partial charge on any atom is -0.490 e. The fourth-order valence-electron chi connectivity index (χ4n) is 4.02. The van der Waals surface area contributed by atoms with Gasteiger partial charge in [0.25, 0.3) is 0 Å². The number of carbonyl (C=O) groups excluding carboxylic acids is 1. The lowest BCUT2D eigenvalue weighted by Gasteiger charge is -2.35. The highest BCUT2D eigenvalue weighted by atomic mass is 16.5. The van der Waals surface area contributed by atoms with Gasteiger partial charge in [0.15, 0.2) is 11.5 Å². The van der Waals surface area contributed by atoms with E-state index in [-0.39, 0.29) is 17.9 Å². The van der Waals surface area contributed by atoms with Gasteiger partial charge in [-0.3, -0.25) is 14.7 Å². The third-order valence-electron chi connectivity index (χ3n) is 5.73. The Morgan fingerprint density at radius 3 is 2.58 bits per heavy atom. The zero-order valence-electron chi connectivity index (χ0n) is 18.3.